The van der Waals surface area contributed by atoms with Crippen LogP contribution in [0.4, 0.5) is 0 Å². The molecule has 1 atom stereocenters. The van der Waals surface area contributed by atoms with Gasteiger partial charge in [-0.2, -0.15) is 0 Å². The molecule has 0 radical (unpaired) electrons. The third-order valence-corrected chi connectivity index (χ3v) is 3.00. The number of carbonyl (C=O) groups is 1. The molecule has 0 saturated heterocycles. The van der Waals surface area contributed by atoms with Crippen LogP contribution in [-0.4, -0.2) is 18.2 Å². The molecule has 0 spiro atoms. The van der Waals surface area contributed by atoms with Crippen molar-refractivity contribution >= 4 is 17.6 Å². The molecule has 1 N–H and O–H groups in total. The Kier molecular flexibility index (Phi) is 4.19. The Bertz CT molecular complexity index is 401. The van der Waals surface area contributed by atoms with E-state index in [4.69, 9.17) is 21.4 Å². The van der Waals surface area contributed by atoms with Gasteiger partial charge in [0.25, 0.3) is 0 Å². The summed E-state index contributed by atoms with van der Waals surface area (Å²) in [6, 6.07) is 3.56. The Morgan fingerprint density at radius 1 is 1.56 bits per heavy atom. The minimum atomic E-state index is -0.807. The van der Waals surface area contributed by atoms with E-state index in [0.29, 0.717) is 17.2 Å². The van der Waals surface area contributed by atoms with Gasteiger partial charge in [0.1, 0.15) is 5.75 Å². The lowest BCUT2D eigenvalue weighted by molar-refractivity contribution is -0.141. The first-order chi connectivity index (χ1) is 7.45. The van der Waals surface area contributed by atoms with Gasteiger partial charge in [-0.3, -0.25) is 4.79 Å². The second-order valence-corrected chi connectivity index (χ2v) is 4.24. The predicted octanol–water partition coefficient (Wildman–Crippen LogP) is 2.92. The van der Waals surface area contributed by atoms with Crippen LogP contribution >= 0.6 is 11.6 Å². The highest BCUT2D eigenvalue weighted by molar-refractivity contribution is 6.31. The molecule has 1 rings (SSSR count). The lowest BCUT2D eigenvalue weighted by atomic mass is 9.97. The van der Waals surface area contributed by atoms with Crippen molar-refractivity contribution in [3.05, 3.63) is 28.3 Å². The van der Waals surface area contributed by atoms with E-state index in [2.05, 4.69) is 0 Å². The molecule has 0 fully saturated rings. The minimum Gasteiger partial charge on any atom is -0.497 e. The van der Waals surface area contributed by atoms with E-state index in [1.165, 1.54) is 0 Å². The van der Waals surface area contributed by atoms with E-state index in [0.717, 1.165) is 11.1 Å². The molecule has 0 bridgehead atoms. The number of hydrogen-bond acceptors (Lipinski definition) is 2. The van der Waals surface area contributed by atoms with Crippen molar-refractivity contribution in [2.24, 2.45) is 5.92 Å². The highest BCUT2D eigenvalue weighted by atomic mass is 35.5. The van der Waals surface area contributed by atoms with Gasteiger partial charge in [-0.25, -0.2) is 0 Å². The Morgan fingerprint density at radius 3 is 2.69 bits per heavy atom. The van der Waals surface area contributed by atoms with Crippen LogP contribution in [0.25, 0.3) is 0 Å². The number of methoxy groups -OCH3 is 1. The minimum absolute atomic E-state index is 0.429. The van der Waals surface area contributed by atoms with Gasteiger partial charge in [0.2, 0.25) is 0 Å². The highest BCUT2D eigenvalue weighted by Gasteiger charge is 2.15. The van der Waals surface area contributed by atoms with Gasteiger partial charge < -0.3 is 9.84 Å². The topological polar surface area (TPSA) is 46.5 Å². The first kappa shape index (κ1) is 12.8. The molecule has 0 heterocycles. The second-order valence-electron chi connectivity index (χ2n) is 3.84. The van der Waals surface area contributed by atoms with E-state index in [1.807, 2.05) is 13.0 Å². The molecule has 0 aliphatic heterocycles. The number of carboxylic acids is 1. The van der Waals surface area contributed by atoms with Crippen molar-refractivity contribution in [1.82, 2.24) is 0 Å². The summed E-state index contributed by atoms with van der Waals surface area (Å²) in [4.78, 5) is 10.8. The summed E-state index contributed by atoms with van der Waals surface area (Å²) in [6.45, 7) is 3.56. The van der Waals surface area contributed by atoms with E-state index >= 15 is 0 Å². The van der Waals surface area contributed by atoms with Crippen LogP contribution in [0.5, 0.6) is 5.75 Å². The maximum absolute atomic E-state index is 10.8. The quantitative estimate of drug-likeness (QED) is 0.883. The summed E-state index contributed by atoms with van der Waals surface area (Å²) in [5.74, 6) is -0.580. The van der Waals surface area contributed by atoms with E-state index in [1.54, 1.807) is 20.1 Å². The summed E-state index contributed by atoms with van der Waals surface area (Å²) < 4.78 is 5.10. The fourth-order valence-electron chi connectivity index (χ4n) is 1.46. The van der Waals surface area contributed by atoms with Crippen LogP contribution in [0.3, 0.4) is 0 Å². The van der Waals surface area contributed by atoms with Crippen LogP contribution in [0.2, 0.25) is 5.02 Å². The number of benzene rings is 1. The maximum atomic E-state index is 10.8. The first-order valence-corrected chi connectivity index (χ1v) is 5.39. The zero-order valence-corrected chi connectivity index (χ0v) is 10.3. The van der Waals surface area contributed by atoms with Gasteiger partial charge in [0.15, 0.2) is 0 Å². The smallest absolute Gasteiger partial charge is 0.306 e. The molecule has 16 heavy (non-hydrogen) atoms. The Labute approximate surface area is 100.0 Å². The Balaban J connectivity index is 3.03. The molecule has 0 aromatic heterocycles. The molecular formula is C12H15ClO3. The van der Waals surface area contributed by atoms with E-state index in [9.17, 15) is 4.79 Å². The number of aliphatic carboxylic acids is 1. The summed E-state index contributed by atoms with van der Waals surface area (Å²) in [6.07, 6.45) is 0.456. The maximum Gasteiger partial charge on any atom is 0.306 e. The van der Waals surface area contributed by atoms with Crippen LogP contribution in [-0.2, 0) is 11.2 Å². The fraction of sp³-hybridized carbons (Fsp3) is 0.417. The van der Waals surface area contributed by atoms with Crippen molar-refractivity contribution < 1.29 is 14.6 Å². The zero-order valence-electron chi connectivity index (χ0n) is 9.58. The molecule has 0 aliphatic rings. The lowest BCUT2D eigenvalue weighted by Crippen LogP contribution is -2.13. The van der Waals surface area contributed by atoms with Crippen molar-refractivity contribution in [1.29, 1.82) is 0 Å². The van der Waals surface area contributed by atoms with Crippen molar-refractivity contribution in [3.8, 4) is 5.75 Å². The predicted molar refractivity (Wildman–Crippen MR) is 63.2 cm³/mol. The van der Waals surface area contributed by atoms with E-state index in [-0.39, 0.29) is 0 Å². The number of rotatable bonds is 4. The number of ether oxygens (including phenoxy) is 1. The third kappa shape index (κ3) is 2.89. The molecule has 0 saturated carbocycles. The van der Waals surface area contributed by atoms with Gasteiger partial charge in [-0.05, 0) is 36.6 Å². The summed E-state index contributed by atoms with van der Waals surface area (Å²) in [5.41, 5.74) is 1.83. The summed E-state index contributed by atoms with van der Waals surface area (Å²) in [7, 11) is 1.56. The molecule has 88 valence electrons. The molecule has 3 nitrogen and oxygen atoms in total. The average molecular weight is 243 g/mol. The first-order valence-electron chi connectivity index (χ1n) is 5.01. The van der Waals surface area contributed by atoms with E-state index < -0.39 is 11.9 Å². The third-order valence-electron chi connectivity index (χ3n) is 2.61. The average Bonchev–Trinajstić information content (AvgIpc) is 2.24. The molecule has 4 heteroatoms. The van der Waals surface area contributed by atoms with Crippen molar-refractivity contribution in [3.63, 3.8) is 0 Å². The van der Waals surface area contributed by atoms with Gasteiger partial charge in [-0.15, -0.1) is 0 Å². The standard InChI is InChI=1S/C12H15ClO3/c1-7(12(14)15)4-9-5-10(16-3)6-11(13)8(9)2/h5-7H,4H2,1-3H3,(H,14,15). The van der Waals surface area contributed by atoms with Crippen LogP contribution in [0, 0.1) is 12.8 Å². The molecule has 0 aliphatic carbocycles. The Morgan fingerprint density at radius 2 is 2.19 bits per heavy atom. The van der Waals surface area contributed by atoms with Crippen molar-refractivity contribution in [2.45, 2.75) is 20.3 Å². The fourth-order valence-corrected chi connectivity index (χ4v) is 1.68. The number of hydrogen-bond donors (Lipinski definition) is 1. The molecule has 1 unspecified atom stereocenters. The molecular weight excluding hydrogens is 228 g/mol. The van der Waals surface area contributed by atoms with Gasteiger partial charge in [-0.1, -0.05) is 18.5 Å². The number of carboxylic acid groups (broad SMARTS) is 1. The van der Waals surface area contributed by atoms with Crippen LogP contribution in [0.15, 0.2) is 12.1 Å². The summed E-state index contributed by atoms with van der Waals surface area (Å²) in [5, 5.41) is 9.47. The van der Waals surface area contributed by atoms with Gasteiger partial charge in [0.05, 0.1) is 13.0 Å². The van der Waals surface area contributed by atoms with Gasteiger partial charge in [0, 0.05) is 5.02 Å². The largest absolute Gasteiger partial charge is 0.497 e. The zero-order chi connectivity index (χ0) is 12.3. The van der Waals surface area contributed by atoms with Crippen LogP contribution in [0.1, 0.15) is 18.1 Å². The second kappa shape index (κ2) is 5.21. The van der Waals surface area contributed by atoms with Crippen LogP contribution < -0.4 is 4.74 Å². The SMILES string of the molecule is COc1cc(Cl)c(C)c(CC(C)C(=O)O)c1. The highest BCUT2D eigenvalue weighted by Crippen LogP contribution is 2.27. The lowest BCUT2D eigenvalue weighted by Gasteiger charge is -2.12. The molecule has 1 aromatic rings. The normalized spacial score (nSPS) is 12.2. The monoisotopic (exact) mass is 242 g/mol. The molecule has 0 amide bonds. The van der Waals surface area contributed by atoms with Gasteiger partial charge >= 0.3 is 5.97 Å². The Hall–Kier alpha value is -1.22. The number of halogens is 1. The molecule has 1 aromatic carbocycles. The summed E-state index contributed by atoms with van der Waals surface area (Å²) >= 11 is 6.03. The van der Waals surface area contributed by atoms with Crippen molar-refractivity contribution in [2.75, 3.05) is 7.11 Å².